The number of piperazine rings is 1. The van der Waals surface area contributed by atoms with Gasteiger partial charge in [0.1, 0.15) is 0 Å². The van der Waals surface area contributed by atoms with E-state index in [1.54, 1.807) is 0 Å². The Hall–Kier alpha value is -0.900. The predicted octanol–water partition coefficient (Wildman–Crippen LogP) is 1.93. The molecular weight excluding hydrogens is 246 g/mol. The molecule has 1 aromatic carbocycles. The summed E-state index contributed by atoms with van der Waals surface area (Å²) in [6.07, 6.45) is 3.91. The van der Waals surface area contributed by atoms with Crippen LogP contribution in [0.15, 0.2) is 30.3 Å². The topological polar surface area (TPSA) is 32.5 Å². The molecule has 1 saturated carbocycles. The van der Waals surface area contributed by atoms with Gasteiger partial charge in [0.15, 0.2) is 0 Å². The van der Waals surface area contributed by atoms with Crippen molar-refractivity contribution >= 4 is 0 Å². The minimum absolute atomic E-state index is 0.456. The van der Waals surface area contributed by atoms with Crippen LogP contribution < -0.4 is 5.73 Å². The van der Waals surface area contributed by atoms with E-state index in [-0.39, 0.29) is 0 Å². The Kier molecular flexibility index (Phi) is 4.71. The molecular formula is C17H27N3. The third-order valence-corrected chi connectivity index (χ3v) is 4.92. The second-order valence-corrected chi connectivity index (χ2v) is 6.42. The van der Waals surface area contributed by atoms with E-state index >= 15 is 0 Å². The van der Waals surface area contributed by atoms with Crippen molar-refractivity contribution in [3.05, 3.63) is 35.9 Å². The molecule has 0 radical (unpaired) electrons. The zero-order chi connectivity index (χ0) is 13.8. The van der Waals surface area contributed by atoms with Gasteiger partial charge in [-0.15, -0.1) is 0 Å². The first-order chi connectivity index (χ1) is 9.81. The van der Waals surface area contributed by atoms with Gasteiger partial charge in [-0.3, -0.25) is 4.90 Å². The van der Waals surface area contributed by atoms with Crippen LogP contribution >= 0.6 is 0 Å². The van der Waals surface area contributed by atoms with Crippen molar-refractivity contribution in [1.29, 1.82) is 0 Å². The second kappa shape index (κ2) is 6.70. The van der Waals surface area contributed by atoms with Gasteiger partial charge in [0.05, 0.1) is 0 Å². The highest BCUT2D eigenvalue weighted by atomic mass is 15.3. The van der Waals surface area contributed by atoms with Crippen LogP contribution in [0.25, 0.3) is 0 Å². The maximum atomic E-state index is 6.19. The SMILES string of the molecule is NC1CCCC1CN1CCN(Cc2ccccc2)CC1. The highest BCUT2D eigenvalue weighted by Gasteiger charge is 2.27. The third kappa shape index (κ3) is 3.60. The fourth-order valence-electron chi connectivity index (χ4n) is 3.60. The predicted molar refractivity (Wildman–Crippen MR) is 83.5 cm³/mol. The van der Waals surface area contributed by atoms with Crippen LogP contribution in [0.5, 0.6) is 0 Å². The maximum absolute atomic E-state index is 6.19. The van der Waals surface area contributed by atoms with Gasteiger partial charge < -0.3 is 10.6 Å². The largest absolute Gasteiger partial charge is 0.327 e. The Labute approximate surface area is 122 Å². The normalized spacial score (nSPS) is 28.9. The lowest BCUT2D eigenvalue weighted by molar-refractivity contribution is 0.111. The maximum Gasteiger partial charge on any atom is 0.0234 e. The van der Waals surface area contributed by atoms with E-state index in [2.05, 4.69) is 40.1 Å². The molecule has 0 aromatic heterocycles. The van der Waals surface area contributed by atoms with Crippen LogP contribution in [0.4, 0.5) is 0 Å². The first-order valence-electron chi connectivity index (χ1n) is 8.05. The summed E-state index contributed by atoms with van der Waals surface area (Å²) in [5.74, 6) is 0.746. The van der Waals surface area contributed by atoms with Gasteiger partial charge in [0, 0.05) is 45.3 Å². The molecule has 3 rings (SSSR count). The molecule has 2 atom stereocenters. The van der Waals surface area contributed by atoms with Gasteiger partial charge >= 0.3 is 0 Å². The molecule has 3 heteroatoms. The number of hydrogen-bond donors (Lipinski definition) is 1. The zero-order valence-corrected chi connectivity index (χ0v) is 12.4. The van der Waals surface area contributed by atoms with Crippen molar-refractivity contribution < 1.29 is 0 Å². The molecule has 1 saturated heterocycles. The van der Waals surface area contributed by atoms with Crippen molar-refractivity contribution in [3.8, 4) is 0 Å². The Morgan fingerprint density at radius 2 is 1.65 bits per heavy atom. The first-order valence-corrected chi connectivity index (χ1v) is 8.05. The third-order valence-electron chi connectivity index (χ3n) is 4.92. The van der Waals surface area contributed by atoms with E-state index in [1.807, 2.05) is 0 Å². The van der Waals surface area contributed by atoms with E-state index in [0.29, 0.717) is 6.04 Å². The monoisotopic (exact) mass is 273 g/mol. The van der Waals surface area contributed by atoms with Crippen LogP contribution in [0.2, 0.25) is 0 Å². The Morgan fingerprint density at radius 1 is 0.950 bits per heavy atom. The summed E-state index contributed by atoms with van der Waals surface area (Å²) in [7, 11) is 0. The molecule has 3 nitrogen and oxygen atoms in total. The Balaban J connectivity index is 1.43. The number of hydrogen-bond acceptors (Lipinski definition) is 3. The van der Waals surface area contributed by atoms with Crippen LogP contribution in [-0.2, 0) is 6.54 Å². The fraction of sp³-hybridized carbons (Fsp3) is 0.647. The lowest BCUT2D eigenvalue weighted by Gasteiger charge is -2.36. The van der Waals surface area contributed by atoms with Gasteiger partial charge in [-0.05, 0) is 24.3 Å². The highest BCUT2D eigenvalue weighted by Crippen LogP contribution is 2.25. The number of nitrogens with two attached hydrogens (primary N) is 1. The van der Waals surface area contributed by atoms with Gasteiger partial charge in [-0.25, -0.2) is 0 Å². The minimum Gasteiger partial charge on any atom is -0.327 e. The molecule has 1 aliphatic heterocycles. The molecule has 2 aliphatic rings. The zero-order valence-electron chi connectivity index (χ0n) is 12.4. The highest BCUT2D eigenvalue weighted by molar-refractivity contribution is 5.14. The average molecular weight is 273 g/mol. The molecule has 1 heterocycles. The Morgan fingerprint density at radius 3 is 2.30 bits per heavy atom. The molecule has 1 aliphatic carbocycles. The van der Waals surface area contributed by atoms with Crippen molar-refractivity contribution in [2.75, 3.05) is 32.7 Å². The summed E-state index contributed by atoms with van der Waals surface area (Å²) < 4.78 is 0. The number of rotatable bonds is 4. The quantitative estimate of drug-likeness (QED) is 0.910. The summed E-state index contributed by atoms with van der Waals surface area (Å²) in [5.41, 5.74) is 7.62. The van der Waals surface area contributed by atoms with Crippen molar-refractivity contribution in [3.63, 3.8) is 0 Å². The second-order valence-electron chi connectivity index (χ2n) is 6.42. The van der Waals surface area contributed by atoms with Gasteiger partial charge in [-0.2, -0.15) is 0 Å². The molecule has 20 heavy (non-hydrogen) atoms. The summed E-state index contributed by atoms with van der Waals surface area (Å²) in [6.45, 7) is 7.11. The van der Waals surface area contributed by atoms with Crippen LogP contribution in [0.3, 0.4) is 0 Å². The van der Waals surface area contributed by atoms with Crippen LogP contribution in [0.1, 0.15) is 24.8 Å². The lowest BCUT2D eigenvalue weighted by Crippen LogP contribution is -2.48. The van der Waals surface area contributed by atoms with E-state index < -0.39 is 0 Å². The number of benzene rings is 1. The summed E-state index contributed by atoms with van der Waals surface area (Å²) in [6, 6.07) is 11.3. The smallest absolute Gasteiger partial charge is 0.0234 e. The molecule has 110 valence electrons. The first kappa shape index (κ1) is 14.1. The molecule has 2 N–H and O–H groups in total. The van der Waals surface area contributed by atoms with Gasteiger partial charge in [0.25, 0.3) is 0 Å². The fourth-order valence-corrected chi connectivity index (χ4v) is 3.60. The summed E-state index contributed by atoms with van der Waals surface area (Å²) in [4.78, 5) is 5.19. The summed E-state index contributed by atoms with van der Waals surface area (Å²) in [5, 5.41) is 0. The van der Waals surface area contributed by atoms with E-state index in [0.717, 1.165) is 12.5 Å². The van der Waals surface area contributed by atoms with E-state index in [1.165, 1.54) is 57.5 Å². The van der Waals surface area contributed by atoms with Crippen LogP contribution in [0, 0.1) is 5.92 Å². The van der Waals surface area contributed by atoms with Crippen molar-refractivity contribution in [1.82, 2.24) is 9.80 Å². The van der Waals surface area contributed by atoms with Gasteiger partial charge in [0.2, 0.25) is 0 Å². The molecule has 0 spiro atoms. The molecule has 2 fully saturated rings. The van der Waals surface area contributed by atoms with Gasteiger partial charge in [-0.1, -0.05) is 36.8 Å². The van der Waals surface area contributed by atoms with E-state index in [4.69, 9.17) is 5.73 Å². The summed E-state index contributed by atoms with van der Waals surface area (Å²) >= 11 is 0. The Bertz CT molecular complexity index is 398. The number of nitrogens with zero attached hydrogens (tertiary/aromatic N) is 2. The average Bonchev–Trinajstić information content (AvgIpc) is 2.88. The minimum atomic E-state index is 0.456. The molecule has 0 amide bonds. The van der Waals surface area contributed by atoms with Crippen LogP contribution in [-0.4, -0.2) is 48.6 Å². The standard InChI is InChI=1S/C17H27N3/c18-17-8-4-7-16(17)14-20-11-9-19(10-12-20)13-15-5-2-1-3-6-15/h1-3,5-6,16-17H,4,7-14,18H2. The van der Waals surface area contributed by atoms with Crippen molar-refractivity contribution in [2.45, 2.75) is 31.8 Å². The molecule has 2 unspecified atom stereocenters. The van der Waals surface area contributed by atoms with Crippen molar-refractivity contribution in [2.24, 2.45) is 11.7 Å². The van der Waals surface area contributed by atoms with E-state index in [9.17, 15) is 0 Å². The molecule has 1 aromatic rings. The lowest BCUT2D eigenvalue weighted by atomic mass is 10.0. The molecule has 0 bridgehead atoms.